The molecule has 1 atom stereocenters. The molecule has 0 aliphatic carbocycles. The highest BCUT2D eigenvalue weighted by Crippen LogP contribution is 2.19. The summed E-state index contributed by atoms with van der Waals surface area (Å²) in [5.74, 6) is 1.09. The van der Waals surface area contributed by atoms with Crippen molar-refractivity contribution in [2.45, 2.75) is 52.6 Å². The van der Waals surface area contributed by atoms with Gasteiger partial charge in [0.2, 0.25) is 0 Å². The lowest BCUT2D eigenvalue weighted by Crippen LogP contribution is -2.32. The van der Waals surface area contributed by atoms with Crippen molar-refractivity contribution in [2.75, 3.05) is 5.32 Å². The van der Waals surface area contributed by atoms with Crippen molar-refractivity contribution in [3.05, 3.63) is 59.7 Å². The van der Waals surface area contributed by atoms with Crippen LogP contribution in [0.2, 0.25) is 0 Å². The number of rotatable bonds is 7. The maximum atomic E-state index is 12.5. The van der Waals surface area contributed by atoms with Gasteiger partial charge in [-0.1, -0.05) is 52.0 Å². The third kappa shape index (κ3) is 4.85. The highest BCUT2D eigenvalue weighted by molar-refractivity contribution is 5.94. The van der Waals surface area contributed by atoms with Gasteiger partial charge in [0.15, 0.2) is 6.10 Å². The second-order valence-corrected chi connectivity index (χ2v) is 6.28. The molecule has 0 aromatic heterocycles. The minimum Gasteiger partial charge on any atom is -0.481 e. The summed E-state index contributed by atoms with van der Waals surface area (Å²) >= 11 is 0. The van der Waals surface area contributed by atoms with E-state index >= 15 is 0 Å². The molecule has 0 fully saturated rings. The summed E-state index contributed by atoms with van der Waals surface area (Å²) in [5, 5.41) is 2.94. The van der Waals surface area contributed by atoms with Crippen molar-refractivity contribution < 1.29 is 9.53 Å². The molecule has 128 valence electrons. The Morgan fingerprint density at radius 2 is 1.62 bits per heavy atom. The van der Waals surface area contributed by atoms with Crippen LogP contribution in [0.25, 0.3) is 0 Å². The van der Waals surface area contributed by atoms with Gasteiger partial charge in [-0.15, -0.1) is 0 Å². The molecule has 24 heavy (non-hydrogen) atoms. The monoisotopic (exact) mass is 325 g/mol. The van der Waals surface area contributed by atoms with Crippen LogP contribution in [0.1, 0.15) is 51.2 Å². The largest absolute Gasteiger partial charge is 0.481 e. The van der Waals surface area contributed by atoms with Crippen LogP contribution < -0.4 is 10.1 Å². The molecule has 0 saturated carbocycles. The van der Waals surface area contributed by atoms with Crippen molar-refractivity contribution in [1.29, 1.82) is 0 Å². The molecule has 0 saturated heterocycles. The van der Waals surface area contributed by atoms with Gasteiger partial charge in [0.25, 0.3) is 5.91 Å². The number of anilines is 1. The predicted octanol–water partition coefficient (Wildman–Crippen LogP) is 5.17. The molecule has 1 amide bonds. The lowest BCUT2D eigenvalue weighted by atomic mass is 10.0. The summed E-state index contributed by atoms with van der Waals surface area (Å²) in [6.45, 7) is 8.37. The fourth-order valence-electron chi connectivity index (χ4n) is 2.46. The van der Waals surface area contributed by atoms with Gasteiger partial charge in [0.1, 0.15) is 5.75 Å². The zero-order valence-electron chi connectivity index (χ0n) is 15.0. The zero-order valence-corrected chi connectivity index (χ0v) is 15.0. The lowest BCUT2D eigenvalue weighted by molar-refractivity contribution is -0.122. The van der Waals surface area contributed by atoms with Gasteiger partial charge in [-0.3, -0.25) is 4.79 Å². The molecule has 2 aromatic carbocycles. The van der Waals surface area contributed by atoms with E-state index in [1.165, 1.54) is 11.1 Å². The number of amides is 1. The Morgan fingerprint density at radius 1 is 1.00 bits per heavy atom. The Balaban J connectivity index is 1.99. The van der Waals surface area contributed by atoms with Crippen molar-refractivity contribution in [3.8, 4) is 5.75 Å². The number of nitrogens with one attached hydrogen (secondary N) is 1. The molecule has 2 rings (SSSR count). The standard InChI is InChI=1S/C21H27NO2/c1-5-16-7-13-19(14-8-16)24-20(6-2)21(23)22-18-11-9-17(10-12-18)15(3)4/h7-15,20H,5-6H2,1-4H3,(H,22,23)/t20-/m0/s1. The average molecular weight is 325 g/mol. The van der Waals surface area contributed by atoms with Crippen molar-refractivity contribution in [3.63, 3.8) is 0 Å². The quantitative estimate of drug-likeness (QED) is 0.763. The first kappa shape index (κ1) is 18.1. The summed E-state index contributed by atoms with van der Waals surface area (Å²) in [6.07, 6.45) is 1.11. The smallest absolute Gasteiger partial charge is 0.265 e. The third-order valence-electron chi connectivity index (χ3n) is 4.12. The highest BCUT2D eigenvalue weighted by Gasteiger charge is 2.18. The number of ether oxygens (including phenoxy) is 1. The number of hydrogen-bond acceptors (Lipinski definition) is 2. The minimum atomic E-state index is -0.498. The molecule has 0 radical (unpaired) electrons. The molecule has 0 aliphatic heterocycles. The van der Waals surface area contributed by atoms with Crippen molar-refractivity contribution in [1.82, 2.24) is 0 Å². The number of carbonyl (C=O) groups excluding carboxylic acids is 1. The van der Waals surface area contributed by atoms with E-state index in [0.717, 1.165) is 17.9 Å². The van der Waals surface area contributed by atoms with Crippen LogP contribution in [0.5, 0.6) is 5.75 Å². The van der Waals surface area contributed by atoms with Gasteiger partial charge in [0, 0.05) is 5.69 Å². The summed E-state index contributed by atoms with van der Waals surface area (Å²) < 4.78 is 5.85. The van der Waals surface area contributed by atoms with Gasteiger partial charge in [-0.05, 0) is 54.2 Å². The second-order valence-electron chi connectivity index (χ2n) is 6.28. The fourth-order valence-corrected chi connectivity index (χ4v) is 2.46. The van der Waals surface area contributed by atoms with Crippen LogP contribution >= 0.6 is 0 Å². The summed E-state index contributed by atoms with van der Waals surface area (Å²) in [5.41, 5.74) is 3.31. The number of benzene rings is 2. The number of hydrogen-bond donors (Lipinski definition) is 1. The predicted molar refractivity (Wildman–Crippen MR) is 99.7 cm³/mol. The van der Waals surface area contributed by atoms with Gasteiger partial charge in [-0.2, -0.15) is 0 Å². The van der Waals surface area contributed by atoms with E-state index in [-0.39, 0.29) is 5.91 Å². The Bertz CT molecular complexity index is 645. The Kier molecular flexibility index (Phi) is 6.42. The molecule has 0 aliphatic rings. The number of aryl methyl sites for hydroxylation is 1. The average Bonchev–Trinajstić information content (AvgIpc) is 2.60. The molecule has 2 aromatic rings. The van der Waals surface area contributed by atoms with E-state index in [9.17, 15) is 4.79 Å². The van der Waals surface area contributed by atoms with Gasteiger partial charge >= 0.3 is 0 Å². The SMILES string of the molecule is CCc1ccc(O[C@@H](CC)C(=O)Nc2ccc(C(C)C)cc2)cc1. The maximum Gasteiger partial charge on any atom is 0.265 e. The van der Waals surface area contributed by atoms with Crippen LogP contribution in [0.15, 0.2) is 48.5 Å². The highest BCUT2D eigenvalue weighted by atomic mass is 16.5. The molecular formula is C21H27NO2. The molecule has 3 heteroatoms. The maximum absolute atomic E-state index is 12.5. The normalized spacial score (nSPS) is 12.0. The van der Waals surface area contributed by atoms with Crippen LogP contribution in [-0.4, -0.2) is 12.0 Å². The molecule has 0 spiro atoms. The van der Waals surface area contributed by atoms with E-state index in [4.69, 9.17) is 4.74 Å². The Morgan fingerprint density at radius 3 is 2.12 bits per heavy atom. The second kappa shape index (κ2) is 8.53. The Labute approximate surface area is 145 Å². The zero-order chi connectivity index (χ0) is 17.5. The lowest BCUT2D eigenvalue weighted by Gasteiger charge is -2.18. The van der Waals surface area contributed by atoms with E-state index < -0.39 is 6.10 Å². The van der Waals surface area contributed by atoms with Crippen molar-refractivity contribution in [2.24, 2.45) is 0 Å². The Hall–Kier alpha value is -2.29. The van der Waals surface area contributed by atoms with E-state index in [2.05, 4.69) is 26.1 Å². The first-order valence-electron chi connectivity index (χ1n) is 8.69. The summed E-state index contributed by atoms with van der Waals surface area (Å²) in [6, 6.07) is 15.9. The van der Waals surface area contributed by atoms with Gasteiger partial charge in [-0.25, -0.2) is 0 Å². The van der Waals surface area contributed by atoms with Crippen LogP contribution in [-0.2, 0) is 11.2 Å². The molecule has 0 heterocycles. The fraction of sp³-hybridized carbons (Fsp3) is 0.381. The van der Waals surface area contributed by atoms with E-state index in [0.29, 0.717) is 12.3 Å². The molecule has 0 unspecified atom stereocenters. The third-order valence-corrected chi connectivity index (χ3v) is 4.12. The summed E-state index contributed by atoms with van der Waals surface area (Å²) in [7, 11) is 0. The summed E-state index contributed by atoms with van der Waals surface area (Å²) in [4.78, 5) is 12.5. The van der Waals surface area contributed by atoms with E-state index in [1.807, 2.05) is 55.5 Å². The van der Waals surface area contributed by atoms with Gasteiger partial charge < -0.3 is 10.1 Å². The molecule has 1 N–H and O–H groups in total. The number of carbonyl (C=O) groups is 1. The minimum absolute atomic E-state index is 0.116. The first-order valence-corrected chi connectivity index (χ1v) is 8.69. The van der Waals surface area contributed by atoms with Crippen LogP contribution in [0, 0.1) is 0 Å². The van der Waals surface area contributed by atoms with E-state index in [1.54, 1.807) is 0 Å². The van der Waals surface area contributed by atoms with Gasteiger partial charge in [0.05, 0.1) is 0 Å². The van der Waals surface area contributed by atoms with Crippen LogP contribution in [0.3, 0.4) is 0 Å². The molecule has 0 bridgehead atoms. The molecule has 3 nitrogen and oxygen atoms in total. The topological polar surface area (TPSA) is 38.3 Å². The first-order chi connectivity index (χ1) is 11.5. The molecular weight excluding hydrogens is 298 g/mol. The van der Waals surface area contributed by atoms with Crippen LogP contribution in [0.4, 0.5) is 5.69 Å². The van der Waals surface area contributed by atoms with Crippen molar-refractivity contribution >= 4 is 11.6 Å².